The van der Waals surface area contributed by atoms with Crippen LogP contribution in [0.1, 0.15) is 5.56 Å². The molecule has 5 nitrogen and oxygen atoms in total. The summed E-state index contributed by atoms with van der Waals surface area (Å²) < 4.78 is 4.98. The van der Waals surface area contributed by atoms with Crippen molar-refractivity contribution in [2.75, 3.05) is 27.7 Å². The van der Waals surface area contributed by atoms with E-state index in [-0.39, 0.29) is 18.2 Å². The molecule has 5 heteroatoms. The van der Waals surface area contributed by atoms with Crippen LogP contribution in [0.2, 0.25) is 0 Å². The fraction of sp³-hybridized carbons (Fsp3) is 0.417. The van der Waals surface area contributed by atoms with E-state index >= 15 is 0 Å². The molecule has 0 aliphatic rings. The van der Waals surface area contributed by atoms with Crippen LogP contribution < -0.4 is 10.1 Å². The summed E-state index contributed by atoms with van der Waals surface area (Å²) >= 11 is 0. The van der Waals surface area contributed by atoms with Gasteiger partial charge in [-0.1, -0.05) is 6.07 Å². The molecular weight excluding hydrogens is 220 g/mol. The Bertz CT molecular complexity index is 391. The lowest BCUT2D eigenvalue weighted by Crippen LogP contribution is -2.32. The lowest BCUT2D eigenvalue weighted by atomic mass is 10.2. The van der Waals surface area contributed by atoms with Gasteiger partial charge in [0.15, 0.2) is 0 Å². The summed E-state index contributed by atoms with van der Waals surface area (Å²) in [6.07, 6.45) is 0. The molecule has 0 aromatic heterocycles. The number of carbonyl (C=O) groups excluding carboxylic acids is 1. The summed E-state index contributed by atoms with van der Waals surface area (Å²) in [6.45, 7) is 0.688. The van der Waals surface area contributed by atoms with E-state index in [9.17, 15) is 9.90 Å². The Morgan fingerprint density at radius 1 is 1.47 bits per heavy atom. The highest BCUT2D eigenvalue weighted by Crippen LogP contribution is 2.22. The summed E-state index contributed by atoms with van der Waals surface area (Å²) in [4.78, 5) is 12.8. The van der Waals surface area contributed by atoms with E-state index in [1.165, 1.54) is 4.90 Å². The van der Waals surface area contributed by atoms with Crippen molar-refractivity contribution in [3.05, 3.63) is 23.8 Å². The van der Waals surface area contributed by atoms with Gasteiger partial charge in [-0.2, -0.15) is 0 Å². The second-order valence-electron chi connectivity index (χ2n) is 3.89. The number of rotatable bonds is 5. The molecule has 0 unspecified atom stereocenters. The number of aromatic hydroxyl groups is 1. The van der Waals surface area contributed by atoms with Gasteiger partial charge < -0.3 is 20.1 Å². The molecule has 0 saturated carbocycles. The van der Waals surface area contributed by atoms with Gasteiger partial charge in [-0.15, -0.1) is 0 Å². The second-order valence-corrected chi connectivity index (χ2v) is 3.89. The molecule has 0 radical (unpaired) electrons. The lowest BCUT2D eigenvalue weighted by molar-refractivity contribution is -0.127. The number of amides is 1. The van der Waals surface area contributed by atoms with E-state index in [2.05, 4.69) is 5.32 Å². The fourth-order valence-electron chi connectivity index (χ4n) is 1.28. The average molecular weight is 238 g/mol. The van der Waals surface area contributed by atoms with Crippen LogP contribution >= 0.6 is 0 Å². The van der Waals surface area contributed by atoms with Crippen LogP contribution in [-0.2, 0) is 11.3 Å². The number of nitrogens with zero attached hydrogens (tertiary/aromatic N) is 1. The molecule has 0 spiro atoms. The molecule has 1 aromatic carbocycles. The monoisotopic (exact) mass is 238 g/mol. The zero-order valence-corrected chi connectivity index (χ0v) is 10.4. The molecule has 0 aliphatic carbocycles. The van der Waals surface area contributed by atoms with Crippen molar-refractivity contribution in [2.24, 2.45) is 0 Å². The molecule has 0 fully saturated rings. The normalized spacial score (nSPS) is 10.1. The van der Waals surface area contributed by atoms with Crippen LogP contribution in [-0.4, -0.2) is 43.7 Å². The molecule has 1 aromatic rings. The van der Waals surface area contributed by atoms with E-state index in [1.54, 1.807) is 39.4 Å². The number of nitrogens with one attached hydrogen (secondary N) is 1. The Balaban J connectivity index is 2.50. The molecule has 0 bridgehead atoms. The van der Waals surface area contributed by atoms with Crippen molar-refractivity contribution >= 4 is 5.91 Å². The van der Waals surface area contributed by atoms with Crippen molar-refractivity contribution in [1.82, 2.24) is 10.2 Å². The third-order valence-corrected chi connectivity index (χ3v) is 2.38. The molecular formula is C12H18N2O3. The fourth-order valence-corrected chi connectivity index (χ4v) is 1.28. The highest BCUT2D eigenvalue weighted by molar-refractivity contribution is 5.77. The molecule has 0 saturated heterocycles. The topological polar surface area (TPSA) is 61.8 Å². The molecule has 0 atom stereocenters. The first-order valence-corrected chi connectivity index (χ1v) is 5.31. The summed E-state index contributed by atoms with van der Waals surface area (Å²) in [5, 5.41) is 12.7. The van der Waals surface area contributed by atoms with Crippen LogP contribution in [0.5, 0.6) is 11.5 Å². The predicted molar refractivity (Wildman–Crippen MR) is 65.1 cm³/mol. The number of benzene rings is 1. The van der Waals surface area contributed by atoms with Gasteiger partial charge in [-0.05, 0) is 6.07 Å². The molecule has 0 aliphatic heterocycles. The van der Waals surface area contributed by atoms with Gasteiger partial charge in [-0.3, -0.25) is 4.79 Å². The molecule has 94 valence electrons. The largest absolute Gasteiger partial charge is 0.507 e. The van der Waals surface area contributed by atoms with Gasteiger partial charge in [0.1, 0.15) is 11.5 Å². The van der Waals surface area contributed by atoms with Crippen molar-refractivity contribution in [1.29, 1.82) is 0 Å². The highest BCUT2D eigenvalue weighted by atomic mass is 16.5. The van der Waals surface area contributed by atoms with E-state index in [4.69, 9.17) is 4.74 Å². The lowest BCUT2D eigenvalue weighted by Gasteiger charge is -2.11. The van der Waals surface area contributed by atoms with Crippen molar-refractivity contribution in [3.8, 4) is 11.5 Å². The number of likely N-dealkylation sites (N-methyl/N-ethyl adjacent to an activating group) is 1. The van der Waals surface area contributed by atoms with Crippen LogP contribution in [0.3, 0.4) is 0 Å². The van der Waals surface area contributed by atoms with Gasteiger partial charge in [0, 0.05) is 32.3 Å². The maximum atomic E-state index is 11.3. The standard InChI is InChI=1S/C12H18N2O3/c1-14(2)12(16)8-13-7-9-4-5-10(17-3)6-11(9)15/h4-6,13,15H,7-8H2,1-3H3. The number of carbonyl (C=O) groups is 1. The van der Waals surface area contributed by atoms with Crippen molar-refractivity contribution < 1.29 is 14.6 Å². The number of methoxy groups -OCH3 is 1. The van der Waals surface area contributed by atoms with E-state index < -0.39 is 0 Å². The molecule has 17 heavy (non-hydrogen) atoms. The Morgan fingerprint density at radius 2 is 2.18 bits per heavy atom. The molecule has 0 heterocycles. The first-order valence-electron chi connectivity index (χ1n) is 5.31. The first-order chi connectivity index (χ1) is 8.04. The van der Waals surface area contributed by atoms with Gasteiger partial charge in [0.05, 0.1) is 13.7 Å². The maximum Gasteiger partial charge on any atom is 0.236 e. The molecule has 1 rings (SSSR count). The van der Waals surface area contributed by atoms with Gasteiger partial charge >= 0.3 is 0 Å². The van der Waals surface area contributed by atoms with Crippen LogP contribution in [0.15, 0.2) is 18.2 Å². The minimum atomic E-state index is -0.00185. The Morgan fingerprint density at radius 3 is 2.71 bits per heavy atom. The van der Waals surface area contributed by atoms with Crippen molar-refractivity contribution in [2.45, 2.75) is 6.54 Å². The zero-order valence-electron chi connectivity index (χ0n) is 10.4. The number of hydrogen-bond donors (Lipinski definition) is 2. The van der Waals surface area contributed by atoms with E-state index in [0.717, 1.165) is 5.56 Å². The minimum Gasteiger partial charge on any atom is -0.507 e. The summed E-state index contributed by atoms with van der Waals surface area (Å²) in [5.74, 6) is 0.766. The smallest absolute Gasteiger partial charge is 0.236 e. The summed E-state index contributed by atoms with van der Waals surface area (Å²) in [5.41, 5.74) is 0.734. The quantitative estimate of drug-likeness (QED) is 0.787. The first kappa shape index (κ1) is 13.3. The summed E-state index contributed by atoms with van der Waals surface area (Å²) in [7, 11) is 4.95. The second kappa shape index (κ2) is 6.10. The van der Waals surface area contributed by atoms with Crippen LogP contribution in [0.25, 0.3) is 0 Å². The zero-order chi connectivity index (χ0) is 12.8. The van der Waals surface area contributed by atoms with Gasteiger partial charge in [0.25, 0.3) is 0 Å². The Labute approximate surface area is 101 Å². The molecule has 1 amide bonds. The van der Waals surface area contributed by atoms with Gasteiger partial charge in [-0.25, -0.2) is 0 Å². The SMILES string of the molecule is COc1ccc(CNCC(=O)N(C)C)c(O)c1. The van der Waals surface area contributed by atoms with Crippen molar-refractivity contribution in [3.63, 3.8) is 0 Å². The summed E-state index contributed by atoms with van der Waals surface area (Å²) in [6, 6.07) is 5.08. The molecule has 2 N–H and O–H groups in total. The van der Waals surface area contributed by atoms with E-state index in [0.29, 0.717) is 12.3 Å². The predicted octanol–water partition coefficient (Wildman–Crippen LogP) is 0.579. The number of phenolic OH excluding ortho intramolecular Hbond substituents is 1. The maximum absolute atomic E-state index is 11.3. The number of hydrogen-bond acceptors (Lipinski definition) is 4. The van der Waals surface area contributed by atoms with Gasteiger partial charge in [0.2, 0.25) is 5.91 Å². The average Bonchev–Trinajstić information content (AvgIpc) is 2.30. The minimum absolute atomic E-state index is 0.00185. The number of ether oxygens (including phenoxy) is 1. The van der Waals surface area contributed by atoms with E-state index in [1.807, 2.05) is 0 Å². The van der Waals surface area contributed by atoms with Crippen LogP contribution in [0.4, 0.5) is 0 Å². The third kappa shape index (κ3) is 3.96. The Hall–Kier alpha value is -1.75. The highest BCUT2D eigenvalue weighted by Gasteiger charge is 2.05. The third-order valence-electron chi connectivity index (χ3n) is 2.38. The van der Waals surface area contributed by atoms with Crippen LogP contribution in [0, 0.1) is 0 Å². The number of phenols is 1. The Kier molecular flexibility index (Phi) is 4.78.